The van der Waals surface area contributed by atoms with Crippen molar-refractivity contribution in [1.82, 2.24) is 10.3 Å². The molecule has 1 aromatic rings. The molecule has 5 aliphatic carbocycles. The van der Waals surface area contributed by atoms with Crippen LogP contribution in [0.4, 0.5) is 0 Å². The molecule has 0 aliphatic heterocycles. The van der Waals surface area contributed by atoms with E-state index in [1.807, 2.05) is 5.38 Å². The molecule has 4 bridgehead atoms. The zero-order chi connectivity index (χ0) is 11.5. The predicted octanol–water partition coefficient (Wildman–Crippen LogP) is 2.37. The molecule has 4 heteroatoms. The van der Waals surface area contributed by atoms with Gasteiger partial charge in [0.15, 0.2) is 0 Å². The van der Waals surface area contributed by atoms with Gasteiger partial charge in [0.05, 0.1) is 5.51 Å². The van der Waals surface area contributed by atoms with Gasteiger partial charge in [-0.25, -0.2) is 4.98 Å². The maximum absolute atomic E-state index is 12.1. The van der Waals surface area contributed by atoms with Crippen molar-refractivity contribution in [3.8, 4) is 0 Å². The molecule has 3 nitrogen and oxygen atoms in total. The number of carbonyl (C=O) groups is 1. The van der Waals surface area contributed by atoms with Gasteiger partial charge in [-0.2, -0.15) is 0 Å². The Balaban J connectivity index is 1.57. The number of rotatable bonds is 2. The molecule has 0 radical (unpaired) electrons. The van der Waals surface area contributed by atoms with Crippen LogP contribution in [0.2, 0.25) is 0 Å². The lowest BCUT2D eigenvalue weighted by atomic mass is 9.51. The van der Waals surface area contributed by atoms with Crippen LogP contribution >= 0.6 is 11.3 Å². The van der Waals surface area contributed by atoms with E-state index in [1.165, 1.54) is 17.8 Å². The third kappa shape index (κ3) is 1.33. The Hall–Kier alpha value is -1.16. The molecule has 0 saturated heterocycles. The third-order valence-corrected chi connectivity index (χ3v) is 5.14. The predicted molar refractivity (Wildman–Crippen MR) is 65.8 cm³/mol. The molecule has 0 spiro atoms. The molecule has 1 heterocycles. The van der Waals surface area contributed by atoms with Crippen LogP contribution in [0.1, 0.15) is 36.2 Å². The van der Waals surface area contributed by atoms with E-state index in [-0.39, 0.29) is 11.4 Å². The van der Waals surface area contributed by atoms with Crippen molar-refractivity contribution >= 4 is 17.2 Å². The zero-order valence-electron chi connectivity index (χ0n) is 9.48. The summed E-state index contributed by atoms with van der Waals surface area (Å²) in [5, 5.41) is 5.06. The molecule has 2 unspecified atom stereocenters. The molecule has 1 N–H and O–H groups in total. The number of amides is 1. The second-order valence-corrected chi connectivity index (χ2v) is 6.27. The molecule has 6 rings (SSSR count). The van der Waals surface area contributed by atoms with Crippen molar-refractivity contribution < 1.29 is 4.79 Å². The molecule has 0 aromatic carbocycles. The highest BCUT2D eigenvalue weighted by Crippen LogP contribution is 2.58. The fraction of sp³-hybridized carbons (Fsp3) is 0.538. The molecule has 3 fully saturated rings. The summed E-state index contributed by atoms with van der Waals surface area (Å²) < 4.78 is 0. The summed E-state index contributed by atoms with van der Waals surface area (Å²) in [6, 6.07) is 0. The number of nitrogens with one attached hydrogen (secondary N) is 1. The first-order chi connectivity index (χ1) is 8.26. The SMILES string of the molecule is O=C(NC12CC=C3C(CC3C1)C2)c1cscn1. The summed E-state index contributed by atoms with van der Waals surface area (Å²) in [5.41, 5.74) is 3.99. The average Bonchev–Trinajstić information content (AvgIpc) is 2.82. The van der Waals surface area contributed by atoms with E-state index in [2.05, 4.69) is 16.4 Å². The number of allylic oxidation sites excluding steroid dienone is 1. The molecular weight excluding hydrogens is 232 g/mol. The van der Waals surface area contributed by atoms with Crippen molar-refractivity contribution in [2.75, 3.05) is 0 Å². The van der Waals surface area contributed by atoms with Crippen molar-refractivity contribution in [2.45, 2.75) is 31.2 Å². The number of hydrogen-bond acceptors (Lipinski definition) is 3. The Morgan fingerprint density at radius 2 is 2.29 bits per heavy atom. The Labute approximate surface area is 104 Å². The summed E-state index contributed by atoms with van der Waals surface area (Å²) in [6.45, 7) is 0. The number of hydrogen-bond donors (Lipinski definition) is 1. The zero-order valence-corrected chi connectivity index (χ0v) is 10.3. The van der Waals surface area contributed by atoms with E-state index in [0.29, 0.717) is 5.69 Å². The number of nitrogens with zero attached hydrogens (tertiary/aromatic N) is 1. The second kappa shape index (κ2) is 3.19. The van der Waals surface area contributed by atoms with Gasteiger partial charge in [0.1, 0.15) is 5.69 Å². The minimum atomic E-state index is 0.00407. The Bertz CT molecular complexity index is 491. The van der Waals surface area contributed by atoms with Crippen molar-refractivity contribution in [1.29, 1.82) is 0 Å². The Kier molecular flexibility index (Phi) is 1.85. The van der Waals surface area contributed by atoms with Crippen molar-refractivity contribution in [3.05, 3.63) is 28.2 Å². The molecule has 1 amide bonds. The molecule has 2 atom stereocenters. The summed E-state index contributed by atoms with van der Waals surface area (Å²) in [6.07, 6.45) is 7.02. The molecule has 88 valence electrons. The summed E-state index contributed by atoms with van der Waals surface area (Å²) in [7, 11) is 0. The van der Waals surface area contributed by atoms with Gasteiger partial charge in [-0.1, -0.05) is 11.6 Å². The lowest BCUT2D eigenvalue weighted by Crippen LogP contribution is -2.60. The van der Waals surface area contributed by atoms with Crippen LogP contribution in [0.5, 0.6) is 0 Å². The van der Waals surface area contributed by atoms with Crippen LogP contribution in [0.3, 0.4) is 0 Å². The number of fused-ring (bicyclic) bond motifs is 1. The van der Waals surface area contributed by atoms with Crippen LogP contribution < -0.4 is 5.32 Å². The Morgan fingerprint density at radius 1 is 1.47 bits per heavy atom. The maximum Gasteiger partial charge on any atom is 0.271 e. The van der Waals surface area contributed by atoms with Crippen LogP contribution in [-0.2, 0) is 0 Å². The standard InChI is InChI=1S/C13H14N2OS/c16-12(11-6-17-7-14-11)15-13-2-1-10-8(4-13)3-9(10)5-13/h1,6-9H,2-5H2,(H,15,16). The molecule has 17 heavy (non-hydrogen) atoms. The quantitative estimate of drug-likeness (QED) is 0.814. The van der Waals surface area contributed by atoms with Gasteiger partial charge in [-0.15, -0.1) is 11.3 Å². The molecule has 1 aromatic heterocycles. The average molecular weight is 246 g/mol. The highest BCUT2D eigenvalue weighted by molar-refractivity contribution is 7.07. The van der Waals surface area contributed by atoms with Crippen LogP contribution in [-0.4, -0.2) is 16.4 Å². The van der Waals surface area contributed by atoms with Gasteiger partial charge >= 0.3 is 0 Å². The Morgan fingerprint density at radius 3 is 2.94 bits per heavy atom. The van der Waals surface area contributed by atoms with E-state index in [4.69, 9.17) is 0 Å². The number of thiazole rings is 1. The summed E-state index contributed by atoms with van der Waals surface area (Å²) >= 11 is 1.47. The van der Waals surface area contributed by atoms with Crippen LogP contribution in [0.25, 0.3) is 0 Å². The molecule has 5 aliphatic rings. The first kappa shape index (κ1) is 9.83. The third-order valence-electron chi connectivity index (χ3n) is 4.56. The van der Waals surface area contributed by atoms with E-state index in [0.717, 1.165) is 31.1 Å². The van der Waals surface area contributed by atoms with Gasteiger partial charge < -0.3 is 5.32 Å². The first-order valence-electron chi connectivity index (χ1n) is 6.16. The normalized spacial score (nSPS) is 37.3. The highest BCUT2D eigenvalue weighted by Gasteiger charge is 2.53. The minimum Gasteiger partial charge on any atom is -0.345 e. The highest BCUT2D eigenvalue weighted by atomic mass is 32.1. The lowest BCUT2D eigenvalue weighted by Gasteiger charge is -2.58. The van der Waals surface area contributed by atoms with E-state index in [9.17, 15) is 4.79 Å². The van der Waals surface area contributed by atoms with Crippen molar-refractivity contribution in [3.63, 3.8) is 0 Å². The van der Waals surface area contributed by atoms with E-state index in [1.54, 1.807) is 11.1 Å². The minimum absolute atomic E-state index is 0.00407. The maximum atomic E-state index is 12.1. The van der Waals surface area contributed by atoms with Crippen LogP contribution in [0.15, 0.2) is 22.5 Å². The fourth-order valence-corrected chi connectivity index (χ4v) is 4.35. The summed E-state index contributed by atoms with van der Waals surface area (Å²) in [4.78, 5) is 16.2. The number of carbonyl (C=O) groups excluding carboxylic acids is 1. The smallest absolute Gasteiger partial charge is 0.271 e. The van der Waals surface area contributed by atoms with Gasteiger partial charge in [-0.3, -0.25) is 4.79 Å². The fourth-order valence-electron chi connectivity index (χ4n) is 3.81. The monoisotopic (exact) mass is 246 g/mol. The molecular formula is C13H14N2OS. The van der Waals surface area contributed by atoms with E-state index < -0.39 is 0 Å². The molecule has 3 saturated carbocycles. The topological polar surface area (TPSA) is 42.0 Å². The van der Waals surface area contributed by atoms with Gasteiger partial charge in [-0.05, 0) is 37.5 Å². The first-order valence-corrected chi connectivity index (χ1v) is 7.11. The largest absolute Gasteiger partial charge is 0.345 e. The summed E-state index contributed by atoms with van der Waals surface area (Å²) in [5.74, 6) is 1.53. The lowest BCUT2D eigenvalue weighted by molar-refractivity contribution is 0.0591. The van der Waals surface area contributed by atoms with Gasteiger partial charge in [0.2, 0.25) is 0 Å². The van der Waals surface area contributed by atoms with Gasteiger partial charge in [0.25, 0.3) is 5.91 Å². The van der Waals surface area contributed by atoms with Crippen molar-refractivity contribution in [2.24, 2.45) is 11.8 Å². The van der Waals surface area contributed by atoms with E-state index >= 15 is 0 Å². The van der Waals surface area contributed by atoms with Crippen LogP contribution in [0, 0.1) is 11.8 Å². The second-order valence-electron chi connectivity index (χ2n) is 5.55. The number of aromatic nitrogens is 1. The van der Waals surface area contributed by atoms with Gasteiger partial charge in [0, 0.05) is 10.9 Å².